The van der Waals surface area contributed by atoms with Gasteiger partial charge in [-0.15, -0.1) is 11.3 Å². The Morgan fingerprint density at radius 3 is 2.38 bits per heavy atom. The lowest BCUT2D eigenvalue weighted by atomic mass is 10.2. The van der Waals surface area contributed by atoms with Gasteiger partial charge in [0.05, 0.1) is 12.6 Å². The van der Waals surface area contributed by atoms with E-state index >= 15 is 0 Å². The van der Waals surface area contributed by atoms with Crippen molar-refractivity contribution in [2.75, 3.05) is 34.2 Å². The SMILES string of the molecule is CN(CC(=O)NC[C@@H](c1cccs1)N(C)C)C(=O)c1ccccc1. The molecule has 0 spiro atoms. The first-order valence-electron chi connectivity index (χ1n) is 7.76. The number of thiophene rings is 1. The minimum Gasteiger partial charge on any atom is -0.353 e. The summed E-state index contributed by atoms with van der Waals surface area (Å²) in [5.41, 5.74) is 0.581. The third-order valence-electron chi connectivity index (χ3n) is 3.74. The molecule has 24 heavy (non-hydrogen) atoms. The summed E-state index contributed by atoms with van der Waals surface area (Å²) in [5, 5.41) is 4.95. The molecule has 0 radical (unpaired) electrons. The van der Waals surface area contributed by atoms with Crippen LogP contribution in [-0.2, 0) is 4.79 Å². The Kier molecular flexibility index (Phi) is 6.52. The fourth-order valence-corrected chi connectivity index (χ4v) is 3.30. The van der Waals surface area contributed by atoms with Gasteiger partial charge in [0.1, 0.15) is 0 Å². The van der Waals surface area contributed by atoms with Crippen molar-refractivity contribution in [1.29, 1.82) is 0 Å². The number of hydrogen-bond acceptors (Lipinski definition) is 4. The third-order valence-corrected chi connectivity index (χ3v) is 4.71. The molecule has 2 rings (SSSR count). The number of carbonyl (C=O) groups excluding carboxylic acids is 2. The van der Waals surface area contributed by atoms with E-state index in [1.165, 1.54) is 9.78 Å². The van der Waals surface area contributed by atoms with Crippen molar-refractivity contribution in [2.45, 2.75) is 6.04 Å². The van der Waals surface area contributed by atoms with E-state index in [1.807, 2.05) is 43.7 Å². The number of rotatable bonds is 7. The Balaban J connectivity index is 1.87. The molecule has 0 unspecified atom stereocenters. The first-order valence-corrected chi connectivity index (χ1v) is 8.64. The Hall–Kier alpha value is -2.18. The van der Waals surface area contributed by atoms with Crippen LogP contribution in [0.1, 0.15) is 21.3 Å². The molecule has 128 valence electrons. The average molecular weight is 345 g/mol. The van der Waals surface area contributed by atoms with Crippen molar-refractivity contribution in [3.63, 3.8) is 0 Å². The molecule has 1 atom stereocenters. The van der Waals surface area contributed by atoms with E-state index in [4.69, 9.17) is 0 Å². The van der Waals surface area contributed by atoms with Crippen LogP contribution in [0.15, 0.2) is 47.8 Å². The molecule has 5 nitrogen and oxygen atoms in total. The summed E-state index contributed by atoms with van der Waals surface area (Å²) >= 11 is 1.67. The van der Waals surface area contributed by atoms with Gasteiger partial charge in [0.2, 0.25) is 5.91 Å². The highest BCUT2D eigenvalue weighted by molar-refractivity contribution is 7.10. The van der Waals surface area contributed by atoms with Crippen LogP contribution < -0.4 is 5.32 Å². The molecule has 0 saturated carbocycles. The number of carbonyl (C=O) groups is 2. The normalized spacial score (nSPS) is 12.0. The van der Waals surface area contributed by atoms with E-state index < -0.39 is 0 Å². The summed E-state index contributed by atoms with van der Waals surface area (Å²) in [6, 6.07) is 13.2. The van der Waals surface area contributed by atoms with Crippen LogP contribution in [-0.4, -0.2) is 55.8 Å². The summed E-state index contributed by atoms with van der Waals surface area (Å²) in [7, 11) is 5.61. The van der Waals surface area contributed by atoms with E-state index in [0.29, 0.717) is 12.1 Å². The van der Waals surface area contributed by atoms with E-state index in [1.54, 1.807) is 30.5 Å². The lowest BCUT2D eigenvalue weighted by Crippen LogP contribution is -2.41. The fourth-order valence-electron chi connectivity index (χ4n) is 2.37. The zero-order valence-corrected chi connectivity index (χ0v) is 15.0. The maximum atomic E-state index is 12.3. The summed E-state index contributed by atoms with van der Waals surface area (Å²) in [6.45, 7) is 0.554. The van der Waals surface area contributed by atoms with Gasteiger partial charge in [-0.05, 0) is 37.7 Å². The van der Waals surface area contributed by atoms with Crippen LogP contribution in [0.3, 0.4) is 0 Å². The summed E-state index contributed by atoms with van der Waals surface area (Å²) in [6.07, 6.45) is 0. The first-order chi connectivity index (χ1) is 11.5. The predicted molar refractivity (Wildman–Crippen MR) is 97.2 cm³/mol. The molecule has 0 fully saturated rings. The van der Waals surface area contributed by atoms with Gasteiger partial charge in [-0.2, -0.15) is 0 Å². The van der Waals surface area contributed by atoms with Crippen LogP contribution in [0.4, 0.5) is 0 Å². The fraction of sp³-hybridized carbons (Fsp3) is 0.333. The van der Waals surface area contributed by atoms with Crippen LogP contribution in [0.2, 0.25) is 0 Å². The van der Waals surface area contributed by atoms with Gasteiger partial charge in [-0.25, -0.2) is 0 Å². The second-order valence-corrected chi connectivity index (χ2v) is 6.81. The van der Waals surface area contributed by atoms with E-state index in [2.05, 4.69) is 16.3 Å². The second kappa shape index (κ2) is 8.61. The number of nitrogens with one attached hydrogen (secondary N) is 1. The minimum atomic E-state index is -0.162. The molecule has 1 aromatic carbocycles. The highest BCUT2D eigenvalue weighted by atomic mass is 32.1. The van der Waals surface area contributed by atoms with Crippen molar-refractivity contribution in [3.05, 3.63) is 58.3 Å². The predicted octanol–water partition coefficient (Wildman–Crippen LogP) is 2.24. The zero-order chi connectivity index (χ0) is 17.5. The first kappa shape index (κ1) is 18.2. The molecule has 0 aliphatic heterocycles. The molecule has 0 aliphatic carbocycles. The van der Waals surface area contributed by atoms with Gasteiger partial charge < -0.3 is 15.1 Å². The Morgan fingerprint density at radius 2 is 1.79 bits per heavy atom. The Morgan fingerprint density at radius 1 is 1.08 bits per heavy atom. The number of hydrogen-bond donors (Lipinski definition) is 1. The monoisotopic (exact) mass is 345 g/mol. The van der Waals surface area contributed by atoms with E-state index in [-0.39, 0.29) is 24.4 Å². The van der Waals surface area contributed by atoms with Crippen molar-refractivity contribution < 1.29 is 9.59 Å². The molecule has 0 saturated heterocycles. The Labute approximate surface area is 146 Å². The van der Waals surface area contributed by atoms with Gasteiger partial charge in [0, 0.05) is 24.0 Å². The highest BCUT2D eigenvalue weighted by Crippen LogP contribution is 2.22. The van der Waals surface area contributed by atoms with Gasteiger partial charge in [0.15, 0.2) is 0 Å². The largest absolute Gasteiger partial charge is 0.353 e. The molecule has 1 N–H and O–H groups in total. The van der Waals surface area contributed by atoms with Crippen LogP contribution in [0.25, 0.3) is 0 Å². The molecule has 2 amide bonds. The quantitative estimate of drug-likeness (QED) is 0.837. The van der Waals surface area contributed by atoms with Crippen LogP contribution >= 0.6 is 11.3 Å². The van der Waals surface area contributed by atoms with Gasteiger partial charge >= 0.3 is 0 Å². The van der Waals surface area contributed by atoms with Crippen molar-refractivity contribution in [1.82, 2.24) is 15.1 Å². The molecule has 6 heteroatoms. The highest BCUT2D eigenvalue weighted by Gasteiger charge is 2.18. The molecule has 1 aromatic heterocycles. The average Bonchev–Trinajstić information content (AvgIpc) is 3.09. The summed E-state index contributed by atoms with van der Waals surface area (Å²) < 4.78 is 0. The van der Waals surface area contributed by atoms with Gasteiger partial charge in [0.25, 0.3) is 5.91 Å². The minimum absolute atomic E-state index is 0.0400. The van der Waals surface area contributed by atoms with Gasteiger partial charge in [-0.1, -0.05) is 24.3 Å². The second-order valence-electron chi connectivity index (χ2n) is 5.83. The molecular weight excluding hydrogens is 322 g/mol. The number of likely N-dealkylation sites (N-methyl/N-ethyl adjacent to an activating group) is 2. The molecule has 2 aromatic rings. The summed E-state index contributed by atoms with van der Waals surface area (Å²) in [5.74, 6) is -0.321. The van der Waals surface area contributed by atoms with E-state index in [0.717, 1.165) is 0 Å². The molecule has 1 heterocycles. The maximum absolute atomic E-state index is 12.3. The molecule has 0 bridgehead atoms. The van der Waals surface area contributed by atoms with Crippen LogP contribution in [0.5, 0.6) is 0 Å². The smallest absolute Gasteiger partial charge is 0.254 e. The third kappa shape index (κ3) is 4.91. The van der Waals surface area contributed by atoms with Crippen molar-refractivity contribution in [3.8, 4) is 0 Å². The molecular formula is C18H23N3O2S. The number of nitrogens with zero attached hydrogens (tertiary/aromatic N) is 2. The van der Waals surface area contributed by atoms with Crippen LogP contribution in [0, 0.1) is 0 Å². The Bertz CT molecular complexity index is 656. The van der Waals surface area contributed by atoms with E-state index in [9.17, 15) is 9.59 Å². The topological polar surface area (TPSA) is 52.7 Å². The lowest BCUT2D eigenvalue weighted by Gasteiger charge is -2.24. The summed E-state index contributed by atoms with van der Waals surface area (Å²) in [4.78, 5) is 29.1. The van der Waals surface area contributed by atoms with Crippen molar-refractivity contribution >= 4 is 23.2 Å². The standard InChI is InChI=1S/C18H23N3O2S/c1-20(2)15(16-10-7-11-24-16)12-19-17(22)13-21(3)18(23)14-8-5-4-6-9-14/h4-11,15H,12-13H2,1-3H3,(H,19,22)/t15-/m0/s1. The number of benzene rings is 1. The lowest BCUT2D eigenvalue weighted by molar-refractivity contribution is -0.121. The molecule has 0 aliphatic rings. The maximum Gasteiger partial charge on any atom is 0.254 e. The van der Waals surface area contributed by atoms with Crippen molar-refractivity contribution in [2.24, 2.45) is 0 Å². The van der Waals surface area contributed by atoms with Gasteiger partial charge in [-0.3, -0.25) is 9.59 Å². The zero-order valence-electron chi connectivity index (χ0n) is 14.2. The number of amides is 2.